The summed E-state index contributed by atoms with van der Waals surface area (Å²) in [6.07, 6.45) is 8.80. The Labute approximate surface area is 268 Å². The molecule has 2 aliphatic rings. The van der Waals surface area contributed by atoms with E-state index in [1.165, 1.54) is 28.0 Å². The second kappa shape index (κ2) is 13.7. The van der Waals surface area contributed by atoms with Gasteiger partial charge in [0, 0.05) is 23.3 Å². The third kappa shape index (κ3) is 6.72. The smallest absolute Gasteiger partial charge is 0.352 e. The van der Waals surface area contributed by atoms with Crippen molar-refractivity contribution in [1.29, 1.82) is 5.26 Å². The standard InChI is InChI=1S/C28H24N8O6S3/c1-2-42-34-20(18-13-45-28(30)32-18)24(38)33-21-25(39)36-22(27(40)41)16(11-44-26(21)36)4-3-7-35-8-5-15(6-9-35)17-10-19(43-12-17)23(37)31-14-29/h3-6,8-10,12-13,21,26H,2,7,11H2,1H3,(H4-,30,31,32,33,37,38,40,41)/p+1/b4-3+,34-20-/t21-,26-/m1/s1. The summed E-state index contributed by atoms with van der Waals surface area (Å²) < 4.78 is 1.88. The van der Waals surface area contributed by atoms with Crippen molar-refractivity contribution in [2.24, 2.45) is 5.16 Å². The van der Waals surface area contributed by atoms with Crippen LogP contribution in [0.3, 0.4) is 0 Å². The molecule has 2 atom stereocenters. The number of thioether (sulfide) groups is 1. The molecule has 0 bridgehead atoms. The van der Waals surface area contributed by atoms with Gasteiger partial charge in [0.1, 0.15) is 29.4 Å². The molecule has 5 heterocycles. The number of anilines is 1. The van der Waals surface area contributed by atoms with E-state index in [1.807, 2.05) is 34.5 Å². The molecule has 0 spiro atoms. The maximum Gasteiger partial charge on any atom is 0.352 e. The first-order chi connectivity index (χ1) is 21.7. The van der Waals surface area contributed by atoms with Crippen LogP contribution in [0, 0.1) is 11.5 Å². The number of hydrogen-bond donors (Lipinski definition) is 4. The number of hydrogen-bond acceptors (Lipinski definition) is 12. The second-order valence-electron chi connectivity index (χ2n) is 9.42. The highest BCUT2D eigenvalue weighted by Gasteiger charge is 2.54. The van der Waals surface area contributed by atoms with Crippen molar-refractivity contribution in [3.63, 3.8) is 0 Å². The summed E-state index contributed by atoms with van der Waals surface area (Å²) in [5, 5.41) is 30.2. The third-order valence-electron chi connectivity index (χ3n) is 6.60. The number of nitrogens with one attached hydrogen (secondary N) is 2. The van der Waals surface area contributed by atoms with Crippen LogP contribution in [0.4, 0.5) is 5.13 Å². The number of carbonyl (C=O) groups excluding carboxylic acids is 3. The number of nitriles is 1. The number of thiazole rings is 1. The Morgan fingerprint density at radius 1 is 1.29 bits per heavy atom. The highest BCUT2D eigenvalue weighted by Crippen LogP contribution is 2.40. The number of amides is 3. The van der Waals surface area contributed by atoms with Crippen LogP contribution in [0.5, 0.6) is 0 Å². The molecule has 3 aromatic rings. The van der Waals surface area contributed by atoms with E-state index in [0.29, 0.717) is 22.7 Å². The van der Waals surface area contributed by atoms with E-state index in [9.17, 15) is 24.3 Å². The van der Waals surface area contributed by atoms with E-state index < -0.39 is 35.1 Å². The van der Waals surface area contributed by atoms with Gasteiger partial charge in [-0.15, -0.1) is 34.4 Å². The number of pyridine rings is 1. The van der Waals surface area contributed by atoms with Crippen molar-refractivity contribution in [3.8, 4) is 17.3 Å². The number of nitrogens with two attached hydrogens (primary N) is 1. The minimum Gasteiger partial charge on any atom is -0.477 e. The molecule has 3 amide bonds. The predicted octanol–water partition coefficient (Wildman–Crippen LogP) is 1.69. The zero-order chi connectivity index (χ0) is 32.1. The van der Waals surface area contributed by atoms with Gasteiger partial charge < -0.3 is 21.0 Å². The number of allylic oxidation sites excluding steroid dienone is 2. The highest BCUT2D eigenvalue weighted by atomic mass is 32.2. The SMILES string of the molecule is CCO/N=C(\C(=O)N[C@@H]1C(=O)N2C(C(=O)O)=C(/C=C/C[n+]3ccc(-c4csc(C(=O)NC#N)c4)cc3)CS[C@H]12)c1csc(N)n1. The van der Waals surface area contributed by atoms with Crippen LogP contribution >= 0.6 is 34.4 Å². The Morgan fingerprint density at radius 3 is 2.73 bits per heavy atom. The van der Waals surface area contributed by atoms with Crippen molar-refractivity contribution in [3.05, 3.63) is 75.3 Å². The van der Waals surface area contributed by atoms with Gasteiger partial charge in [-0.2, -0.15) is 5.26 Å². The van der Waals surface area contributed by atoms with Crippen LogP contribution in [0.1, 0.15) is 22.3 Å². The first-order valence-electron chi connectivity index (χ1n) is 13.3. The van der Waals surface area contributed by atoms with Crippen LogP contribution in [0.2, 0.25) is 0 Å². The van der Waals surface area contributed by atoms with Crippen LogP contribution in [-0.2, 0) is 25.8 Å². The number of aliphatic carboxylic acids is 1. The first kappa shape index (κ1) is 31.4. The van der Waals surface area contributed by atoms with Crippen molar-refractivity contribution in [1.82, 2.24) is 20.5 Å². The van der Waals surface area contributed by atoms with Gasteiger partial charge in [-0.3, -0.25) is 24.6 Å². The quantitative estimate of drug-likeness (QED) is 0.0583. The summed E-state index contributed by atoms with van der Waals surface area (Å²) in [5.74, 6) is -2.63. The van der Waals surface area contributed by atoms with Gasteiger partial charge in [-0.05, 0) is 41.1 Å². The van der Waals surface area contributed by atoms with Crippen LogP contribution < -0.4 is 20.9 Å². The van der Waals surface area contributed by atoms with E-state index >= 15 is 0 Å². The largest absolute Gasteiger partial charge is 0.477 e. The van der Waals surface area contributed by atoms with Gasteiger partial charge in [0.25, 0.3) is 17.7 Å². The van der Waals surface area contributed by atoms with E-state index in [2.05, 4.69) is 20.8 Å². The number of thiophene rings is 1. The molecule has 1 fully saturated rings. The number of carboxylic acid groups (broad SMARTS) is 1. The average Bonchev–Trinajstić information content (AvgIpc) is 3.70. The fraction of sp³-hybridized carbons (Fsp3) is 0.214. The summed E-state index contributed by atoms with van der Waals surface area (Å²) in [6, 6.07) is 4.51. The van der Waals surface area contributed by atoms with Crippen LogP contribution in [0.25, 0.3) is 11.1 Å². The van der Waals surface area contributed by atoms with Gasteiger partial charge in [-0.25, -0.2) is 14.3 Å². The van der Waals surface area contributed by atoms with E-state index in [-0.39, 0.29) is 28.8 Å². The number of carbonyl (C=O) groups is 4. The Kier molecular flexibility index (Phi) is 9.56. The van der Waals surface area contributed by atoms with Crippen molar-refractivity contribution in [2.45, 2.75) is 24.9 Å². The first-order valence-corrected chi connectivity index (χ1v) is 16.1. The number of β-lactam (4-membered cyclic amide) rings is 1. The molecule has 45 heavy (non-hydrogen) atoms. The summed E-state index contributed by atoms with van der Waals surface area (Å²) >= 11 is 3.70. The lowest BCUT2D eigenvalue weighted by molar-refractivity contribution is -0.686. The normalized spacial score (nSPS) is 17.8. The Hall–Kier alpha value is -5.05. The number of fused-ring (bicyclic) bond motifs is 1. The van der Waals surface area contributed by atoms with Gasteiger partial charge >= 0.3 is 5.97 Å². The van der Waals surface area contributed by atoms with Crippen molar-refractivity contribution in [2.75, 3.05) is 18.1 Å². The molecular formula is C28H25N8O6S3+. The molecule has 0 aromatic carbocycles. The minimum absolute atomic E-state index is 0.130. The van der Waals surface area contributed by atoms with Crippen LogP contribution in [0.15, 0.2) is 69.9 Å². The second-order valence-corrected chi connectivity index (χ2v) is 12.3. The maximum absolute atomic E-state index is 13.1. The molecule has 230 valence electrons. The van der Waals surface area contributed by atoms with E-state index in [4.69, 9.17) is 15.8 Å². The molecule has 0 radical (unpaired) electrons. The zero-order valence-corrected chi connectivity index (χ0v) is 25.9. The topological polar surface area (TPSA) is 204 Å². The molecular weight excluding hydrogens is 641 g/mol. The third-order valence-corrected chi connectivity index (χ3v) is 9.51. The molecule has 0 unspecified atom stereocenters. The van der Waals surface area contributed by atoms with Crippen molar-refractivity contribution < 1.29 is 33.7 Å². The monoisotopic (exact) mass is 665 g/mol. The van der Waals surface area contributed by atoms with Crippen LogP contribution in [-0.4, -0.2) is 68.2 Å². The molecule has 1 saturated heterocycles. The number of nitrogens with zero attached hydrogens (tertiary/aromatic N) is 5. The van der Waals surface area contributed by atoms with E-state index in [0.717, 1.165) is 22.5 Å². The summed E-state index contributed by atoms with van der Waals surface area (Å²) in [6.45, 7) is 2.34. The predicted molar refractivity (Wildman–Crippen MR) is 167 cm³/mol. The fourth-order valence-electron chi connectivity index (χ4n) is 4.52. The van der Waals surface area contributed by atoms with Gasteiger partial charge in [0.05, 0.1) is 4.88 Å². The summed E-state index contributed by atoms with van der Waals surface area (Å²) in [7, 11) is 0. The summed E-state index contributed by atoms with van der Waals surface area (Å²) in [4.78, 5) is 61.0. The lowest BCUT2D eigenvalue weighted by atomic mass is 10.0. The number of carboxylic acids is 1. The molecule has 5 rings (SSSR count). The Bertz CT molecular complexity index is 1790. The van der Waals surface area contributed by atoms with Gasteiger partial charge in [0.15, 0.2) is 36.0 Å². The van der Waals surface area contributed by atoms with Gasteiger partial charge in [0.2, 0.25) is 0 Å². The zero-order valence-electron chi connectivity index (χ0n) is 23.5. The average molecular weight is 666 g/mol. The maximum atomic E-state index is 13.1. The molecule has 17 heteroatoms. The fourth-order valence-corrected chi connectivity index (χ4v) is 7.20. The molecule has 2 aliphatic heterocycles. The number of rotatable bonds is 11. The molecule has 3 aromatic heterocycles. The minimum atomic E-state index is -1.25. The lowest BCUT2D eigenvalue weighted by Gasteiger charge is -2.49. The molecule has 0 saturated carbocycles. The Morgan fingerprint density at radius 2 is 2.07 bits per heavy atom. The molecule has 14 nitrogen and oxygen atoms in total. The van der Waals surface area contributed by atoms with Gasteiger partial charge in [-0.1, -0.05) is 11.2 Å². The van der Waals surface area contributed by atoms with Crippen molar-refractivity contribution >= 4 is 69.0 Å². The summed E-state index contributed by atoms with van der Waals surface area (Å²) in [5.41, 5.74) is 7.83. The molecule has 5 N–H and O–H groups in total. The molecule has 0 aliphatic carbocycles. The lowest BCUT2D eigenvalue weighted by Crippen LogP contribution is -2.71. The highest BCUT2D eigenvalue weighted by molar-refractivity contribution is 8.00. The number of aromatic nitrogens is 2. The number of oxime groups is 1. The Balaban J connectivity index is 1.24. The van der Waals surface area contributed by atoms with E-state index in [1.54, 1.807) is 36.7 Å². The number of nitrogen functional groups attached to an aromatic ring is 1.